The Morgan fingerprint density at radius 2 is 2.18 bits per heavy atom. The van der Waals surface area contributed by atoms with Crippen molar-refractivity contribution in [3.8, 4) is 0 Å². The monoisotopic (exact) mass is 240 g/mol. The van der Waals surface area contributed by atoms with E-state index in [4.69, 9.17) is 4.74 Å². The van der Waals surface area contributed by atoms with E-state index < -0.39 is 0 Å². The van der Waals surface area contributed by atoms with Gasteiger partial charge in [-0.2, -0.15) is 0 Å². The van der Waals surface area contributed by atoms with Gasteiger partial charge in [0.1, 0.15) is 0 Å². The normalized spacial score (nSPS) is 31.7. The Morgan fingerprint density at radius 1 is 1.29 bits per heavy atom. The average molecular weight is 240 g/mol. The minimum Gasteiger partial charge on any atom is -0.377 e. The zero-order chi connectivity index (χ0) is 12.1. The molecule has 0 aliphatic carbocycles. The highest BCUT2D eigenvalue weighted by Crippen LogP contribution is 2.13. The lowest BCUT2D eigenvalue weighted by atomic mass is 10.1. The first-order valence-electron chi connectivity index (χ1n) is 6.91. The minimum atomic E-state index is 0.0443. The zero-order valence-electron chi connectivity index (χ0n) is 10.8. The molecule has 0 radical (unpaired) electrons. The third-order valence-electron chi connectivity index (χ3n) is 3.62. The van der Waals surface area contributed by atoms with Gasteiger partial charge in [-0.25, -0.2) is 0 Å². The van der Waals surface area contributed by atoms with E-state index in [2.05, 4.69) is 5.32 Å². The lowest BCUT2D eigenvalue weighted by Gasteiger charge is -2.27. The molecule has 0 aromatic carbocycles. The predicted octanol–water partition coefficient (Wildman–Crippen LogP) is 1.16. The quantitative estimate of drug-likeness (QED) is 0.747. The summed E-state index contributed by atoms with van der Waals surface area (Å²) in [5.41, 5.74) is 0. The molecule has 2 unspecified atom stereocenters. The molecule has 4 nitrogen and oxygen atoms in total. The molecule has 4 heteroatoms. The summed E-state index contributed by atoms with van der Waals surface area (Å²) in [5, 5.41) is 3.38. The summed E-state index contributed by atoms with van der Waals surface area (Å²) in [6.45, 7) is 5.41. The Hall–Kier alpha value is -0.610. The minimum absolute atomic E-state index is 0.0443. The Kier molecular flexibility index (Phi) is 4.80. The van der Waals surface area contributed by atoms with Crippen LogP contribution in [0.1, 0.15) is 39.0 Å². The van der Waals surface area contributed by atoms with Crippen LogP contribution < -0.4 is 5.32 Å². The van der Waals surface area contributed by atoms with Crippen LogP contribution in [0.3, 0.4) is 0 Å². The first-order valence-corrected chi connectivity index (χ1v) is 6.91. The lowest BCUT2D eigenvalue weighted by Crippen LogP contribution is -2.47. The fourth-order valence-electron chi connectivity index (χ4n) is 2.65. The summed E-state index contributed by atoms with van der Waals surface area (Å²) >= 11 is 0. The van der Waals surface area contributed by atoms with Crippen molar-refractivity contribution in [3.05, 3.63) is 0 Å². The summed E-state index contributed by atoms with van der Waals surface area (Å²) in [5.74, 6) is 0.282. The fourth-order valence-corrected chi connectivity index (χ4v) is 2.65. The topological polar surface area (TPSA) is 41.6 Å². The molecule has 2 fully saturated rings. The van der Waals surface area contributed by atoms with Crippen LogP contribution in [-0.2, 0) is 9.53 Å². The first kappa shape index (κ1) is 12.8. The lowest BCUT2D eigenvalue weighted by molar-refractivity contribution is -0.134. The second-order valence-electron chi connectivity index (χ2n) is 5.18. The van der Waals surface area contributed by atoms with Crippen molar-refractivity contribution in [2.45, 2.75) is 51.2 Å². The third kappa shape index (κ3) is 3.68. The standard InChI is InChI=1S/C13H24N2O2/c1-11-10-15(8-5-9-17-11)13(16)12-6-3-2-4-7-14-12/h11-12,14H,2-10H2,1H3. The smallest absolute Gasteiger partial charge is 0.239 e. The van der Waals surface area contributed by atoms with E-state index in [1.165, 1.54) is 19.3 Å². The van der Waals surface area contributed by atoms with Gasteiger partial charge < -0.3 is 15.0 Å². The van der Waals surface area contributed by atoms with Gasteiger partial charge in [-0.3, -0.25) is 4.79 Å². The van der Waals surface area contributed by atoms with E-state index in [1.807, 2.05) is 11.8 Å². The highest BCUT2D eigenvalue weighted by molar-refractivity contribution is 5.82. The predicted molar refractivity (Wildman–Crippen MR) is 66.9 cm³/mol. The number of carbonyl (C=O) groups is 1. The molecule has 1 amide bonds. The summed E-state index contributed by atoms with van der Waals surface area (Å²) in [6.07, 6.45) is 5.74. The Bertz CT molecular complexity index is 250. The van der Waals surface area contributed by atoms with Gasteiger partial charge in [-0.05, 0) is 32.7 Å². The van der Waals surface area contributed by atoms with Crippen LogP contribution in [-0.4, -0.2) is 49.2 Å². The van der Waals surface area contributed by atoms with E-state index in [0.717, 1.165) is 39.1 Å². The third-order valence-corrected chi connectivity index (χ3v) is 3.62. The highest BCUT2D eigenvalue weighted by atomic mass is 16.5. The van der Waals surface area contributed by atoms with E-state index in [1.54, 1.807) is 0 Å². The Morgan fingerprint density at radius 3 is 3.06 bits per heavy atom. The first-order chi connectivity index (χ1) is 8.27. The van der Waals surface area contributed by atoms with E-state index >= 15 is 0 Å². The van der Waals surface area contributed by atoms with Gasteiger partial charge in [-0.15, -0.1) is 0 Å². The van der Waals surface area contributed by atoms with Crippen molar-refractivity contribution in [1.29, 1.82) is 0 Å². The van der Waals surface area contributed by atoms with Gasteiger partial charge >= 0.3 is 0 Å². The molecule has 1 N–H and O–H groups in total. The van der Waals surface area contributed by atoms with Crippen molar-refractivity contribution >= 4 is 5.91 Å². The molecule has 2 heterocycles. The number of amides is 1. The van der Waals surface area contributed by atoms with E-state index in [0.29, 0.717) is 0 Å². The second-order valence-corrected chi connectivity index (χ2v) is 5.18. The number of ether oxygens (including phenoxy) is 1. The molecule has 2 saturated heterocycles. The highest BCUT2D eigenvalue weighted by Gasteiger charge is 2.27. The maximum atomic E-state index is 12.4. The van der Waals surface area contributed by atoms with E-state index in [-0.39, 0.29) is 18.1 Å². The molecule has 2 aliphatic heterocycles. The maximum absolute atomic E-state index is 12.4. The van der Waals surface area contributed by atoms with Crippen LogP contribution in [0.15, 0.2) is 0 Å². The summed E-state index contributed by atoms with van der Waals surface area (Å²) in [7, 11) is 0. The molecular formula is C13H24N2O2. The van der Waals surface area contributed by atoms with Gasteiger partial charge in [0.15, 0.2) is 0 Å². The summed E-state index contributed by atoms with van der Waals surface area (Å²) in [4.78, 5) is 14.4. The number of carbonyl (C=O) groups excluding carboxylic acids is 1. The van der Waals surface area contributed by atoms with Gasteiger partial charge in [0, 0.05) is 19.7 Å². The fraction of sp³-hybridized carbons (Fsp3) is 0.923. The van der Waals surface area contributed by atoms with Crippen molar-refractivity contribution in [1.82, 2.24) is 10.2 Å². The Labute approximate surface area is 104 Å². The molecule has 0 aromatic rings. The Balaban J connectivity index is 1.92. The zero-order valence-corrected chi connectivity index (χ0v) is 10.8. The molecule has 0 spiro atoms. The van der Waals surface area contributed by atoms with Crippen LogP contribution in [0.25, 0.3) is 0 Å². The molecule has 2 rings (SSSR count). The molecule has 2 aliphatic rings. The molecule has 0 aromatic heterocycles. The van der Waals surface area contributed by atoms with Gasteiger partial charge in [-0.1, -0.05) is 12.8 Å². The number of nitrogens with one attached hydrogen (secondary N) is 1. The van der Waals surface area contributed by atoms with Crippen molar-refractivity contribution in [2.24, 2.45) is 0 Å². The van der Waals surface area contributed by atoms with E-state index in [9.17, 15) is 4.79 Å². The van der Waals surface area contributed by atoms with Crippen LogP contribution in [0.2, 0.25) is 0 Å². The van der Waals surface area contributed by atoms with Crippen LogP contribution in [0.5, 0.6) is 0 Å². The van der Waals surface area contributed by atoms with Crippen LogP contribution in [0.4, 0.5) is 0 Å². The average Bonchev–Trinajstić information content (AvgIpc) is 2.70. The van der Waals surface area contributed by atoms with Gasteiger partial charge in [0.05, 0.1) is 12.1 Å². The summed E-state index contributed by atoms with van der Waals surface area (Å²) in [6, 6.07) is 0.0443. The second kappa shape index (κ2) is 6.36. The number of hydrogen-bond donors (Lipinski definition) is 1. The number of hydrogen-bond acceptors (Lipinski definition) is 3. The van der Waals surface area contributed by atoms with Crippen molar-refractivity contribution in [3.63, 3.8) is 0 Å². The molecular weight excluding hydrogens is 216 g/mol. The van der Waals surface area contributed by atoms with Crippen molar-refractivity contribution in [2.75, 3.05) is 26.2 Å². The largest absolute Gasteiger partial charge is 0.377 e. The molecule has 2 atom stereocenters. The van der Waals surface area contributed by atoms with Gasteiger partial charge in [0.2, 0.25) is 5.91 Å². The van der Waals surface area contributed by atoms with Gasteiger partial charge in [0.25, 0.3) is 0 Å². The van der Waals surface area contributed by atoms with Crippen molar-refractivity contribution < 1.29 is 9.53 Å². The number of rotatable bonds is 1. The number of nitrogens with zero attached hydrogens (tertiary/aromatic N) is 1. The van der Waals surface area contributed by atoms with Crippen LogP contribution >= 0.6 is 0 Å². The van der Waals surface area contributed by atoms with Crippen LogP contribution in [0, 0.1) is 0 Å². The summed E-state index contributed by atoms with van der Waals surface area (Å²) < 4.78 is 5.58. The molecule has 0 bridgehead atoms. The SMILES string of the molecule is CC1CN(C(=O)C2CCCCCN2)CCCO1. The maximum Gasteiger partial charge on any atom is 0.239 e. The molecule has 98 valence electrons. The molecule has 17 heavy (non-hydrogen) atoms. The molecule has 0 saturated carbocycles.